The van der Waals surface area contributed by atoms with Gasteiger partial charge in [-0.3, -0.25) is 14.0 Å². The third-order valence-electron chi connectivity index (χ3n) is 3.90. The van der Waals surface area contributed by atoms with E-state index in [9.17, 15) is 19.5 Å². The summed E-state index contributed by atoms with van der Waals surface area (Å²) >= 11 is 1.32. The molecule has 0 radical (unpaired) electrons. The van der Waals surface area contributed by atoms with Crippen molar-refractivity contribution < 1.29 is 14.7 Å². The summed E-state index contributed by atoms with van der Waals surface area (Å²) in [5, 5.41) is 11.1. The van der Waals surface area contributed by atoms with Gasteiger partial charge < -0.3 is 10.0 Å². The van der Waals surface area contributed by atoms with Gasteiger partial charge in [0.1, 0.15) is 11.6 Å². The Labute approximate surface area is 129 Å². The molecule has 3 rings (SSSR count). The second-order valence-corrected chi connectivity index (χ2v) is 6.16. The first-order chi connectivity index (χ1) is 10.5. The first-order valence-corrected chi connectivity index (χ1v) is 7.88. The van der Waals surface area contributed by atoms with Gasteiger partial charge >= 0.3 is 5.97 Å². The quantitative estimate of drug-likeness (QED) is 0.895. The molecule has 1 aliphatic heterocycles. The number of hydrogen-bond donors (Lipinski definition) is 1. The van der Waals surface area contributed by atoms with Crippen molar-refractivity contribution in [2.75, 3.05) is 6.54 Å². The van der Waals surface area contributed by atoms with Crippen molar-refractivity contribution in [3.8, 4) is 0 Å². The molecule has 22 heavy (non-hydrogen) atoms. The molecule has 1 saturated heterocycles. The number of piperidine rings is 1. The van der Waals surface area contributed by atoms with Gasteiger partial charge in [0.25, 0.3) is 11.5 Å². The van der Waals surface area contributed by atoms with Crippen molar-refractivity contribution in [1.82, 2.24) is 14.3 Å². The molecule has 1 atom stereocenters. The van der Waals surface area contributed by atoms with Crippen LogP contribution in [-0.4, -0.2) is 43.9 Å². The molecule has 0 aromatic carbocycles. The van der Waals surface area contributed by atoms with E-state index in [4.69, 9.17) is 0 Å². The summed E-state index contributed by atoms with van der Waals surface area (Å²) in [6, 6.07) is -0.870. The van der Waals surface area contributed by atoms with E-state index in [1.54, 1.807) is 12.3 Å². The molecule has 7 nitrogen and oxygen atoms in total. The maximum Gasteiger partial charge on any atom is 0.326 e. The van der Waals surface area contributed by atoms with Gasteiger partial charge in [-0.1, -0.05) is 0 Å². The highest BCUT2D eigenvalue weighted by Gasteiger charge is 2.33. The number of carboxylic acid groups (broad SMARTS) is 1. The zero-order valence-corrected chi connectivity index (χ0v) is 12.8. The number of thiazole rings is 1. The molecule has 0 saturated carbocycles. The van der Waals surface area contributed by atoms with E-state index in [0.29, 0.717) is 23.6 Å². The lowest BCUT2D eigenvalue weighted by Crippen LogP contribution is -2.49. The highest BCUT2D eigenvalue weighted by molar-refractivity contribution is 7.15. The lowest BCUT2D eigenvalue weighted by atomic mass is 10.0. The molecular weight excluding hydrogens is 306 g/mol. The Bertz CT molecular complexity index is 810. The average molecular weight is 321 g/mol. The van der Waals surface area contributed by atoms with E-state index in [1.165, 1.54) is 26.8 Å². The second kappa shape index (κ2) is 5.53. The third kappa shape index (κ3) is 2.29. The molecule has 1 amide bonds. The van der Waals surface area contributed by atoms with Gasteiger partial charge in [0.15, 0.2) is 4.96 Å². The monoisotopic (exact) mass is 321 g/mol. The van der Waals surface area contributed by atoms with Crippen LogP contribution in [0, 0.1) is 6.92 Å². The van der Waals surface area contributed by atoms with Crippen LogP contribution in [0.25, 0.3) is 4.96 Å². The Balaban J connectivity index is 2.04. The van der Waals surface area contributed by atoms with Crippen molar-refractivity contribution in [3.63, 3.8) is 0 Å². The van der Waals surface area contributed by atoms with Crippen LogP contribution in [0.5, 0.6) is 0 Å². The van der Waals surface area contributed by atoms with Crippen molar-refractivity contribution in [2.24, 2.45) is 0 Å². The molecular formula is C14H15N3O4S. The number of carboxylic acids is 1. The topological polar surface area (TPSA) is 92.0 Å². The predicted molar refractivity (Wildman–Crippen MR) is 80.4 cm³/mol. The Kier molecular flexibility index (Phi) is 3.69. The van der Waals surface area contributed by atoms with Crippen LogP contribution in [0.15, 0.2) is 16.4 Å². The SMILES string of the molecule is Cc1csc2ncc(C(=O)N3CCCC[C@@H]3C(=O)O)c(=O)n12. The normalized spacial score (nSPS) is 18.6. The van der Waals surface area contributed by atoms with Crippen LogP contribution in [0.2, 0.25) is 0 Å². The number of aryl methyl sites for hydroxylation is 1. The summed E-state index contributed by atoms with van der Waals surface area (Å²) in [6.45, 7) is 2.11. The summed E-state index contributed by atoms with van der Waals surface area (Å²) in [5.74, 6) is -1.58. The standard InChI is InChI=1S/C14H15N3O4S/c1-8-7-22-14-15-6-9(12(19)17(8)14)11(18)16-5-3-2-4-10(16)13(20)21/h6-7,10H,2-5H2,1H3,(H,20,21)/t10-/m1/s1. The van der Waals surface area contributed by atoms with Crippen LogP contribution in [0.4, 0.5) is 0 Å². The van der Waals surface area contributed by atoms with E-state index in [0.717, 1.165) is 12.8 Å². The number of carbonyl (C=O) groups is 2. The maximum atomic E-state index is 12.6. The molecule has 0 bridgehead atoms. The molecule has 116 valence electrons. The van der Waals surface area contributed by atoms with Crippen LogP contribution in [0.1, 0.15) is 35.3 Å². The first kappa shape index (κ1) is 14.7. The van der Waals surface area contributed by atoms with Crippen LogP contribution in [-0.2, 0) is 4.79 Å². The summed E-state index contributed by atoms with van der Waals surface area (Å²) in [7, 11) is 0. The molecule has 1 fully saturated rings. The van der Waals surface area contributed by atoms with Crippen molar-refractivity contribution in [2.45, 2.75) is 32.2 Å². The minimum absolute atomic E-state index is 0.0767. The number of likely N-dealkylation sites (tertiary alicyclic amines) is 1. The average Bonchev–Trinajstić information content (AvgIpc) is 2.89. The molecule has 8 heteroatoms. The molecule has 3 heterocycles. The fraction of sp³-hybridized carbons (Fsp3) is 0.429. The number of aliphatic carboxylic acids is 1. The summed E-state index contributed by atoms with van der Waals surface area (Å²) in [4.78, 5) is 42.4. The van der Waals surface area contributed by atoms with Gasteiger partial charge in [0, 0.05) is 23.8 Å². The van der Waals surface area contributed by atoms with E-state index in [-0.39, 0.29) is 5.56 Å². The second-order valence-electron chi connectivity index (χ2n) is 5.32. The molecule has 2 aromatic heterocycles. The van der Waals surface area contributed by atoms with Gasteiger partial charge in [-0.2, -0.15) is 0 Å². The summed E-state index contributed by atoms with van der Waals surface area (Å²) in [5.41, 5.74) is 0.191. The number of hydrogen-bond acceptors (Lipinski definition) is 5. The fourth-order valence-corrected chi connectivity index (χ4v) is 3.58. The highest BCUT2D eigenvalue weighted by Crippen LogP contribution is 2.19. The summed E-state index contributed by atoms with van der Waals surface area (Å²) < 4.78 is 1.39. The van der Waals surface area contributed by atoms with Crippen molar-refractivity contribution in [3.05, 3.63) is 33.2 Å². The summed E-state index contributed by atoms with van der Waals surface area (Å²) in [6.07, 6.45) is 3.17. The first-order valence-electron chi connectivity index (χ1n) is 7.00. The predicted octanol–water partition coefficient (Wildman–Crippen LogP) is 1.14. The molecule has 0 aliphatic carbocycles. The minimum Gasteiger partial charge on any atom is -0.480 e. The zero-order valence-electron chi connectivity index (χ0n) is 12.0. The molecule has 1 aliphatic rings. The van der Waals surface area contributed by atoms with Gasteiger partial charge in [0.05, 0.1) is 0 Å². The zero-order chi connectivity index (χ0) is 15.9. The van der Waals surface area contributed by atoms with Gasteiger partial charge in [-0.15, -0.1) is 11.3 Å². The molecule has 0 spiro atoms. The minimum atomic E-state index is -1.03. The molecule has 2 aromatic rings. The van der Waals surface area contributed by atoms with Gasteiger partial charge in [-0.05, 0) is 26.2 Å². The van der Waals surface area contributed by atoms with Gasteiger partial charge in [0.2, 0.25) is 0 Å². The number of nitrogens with zero attached hydrogens (tertiary/aromatic N) is 3. The Morgan fingerprint density at radius 3 is 2.91 bits per heavy atom. The number of amides is 1. The highest BCUT2D eigenvalue weighted by atomic mass is 32.1. The van der Waals surface area contributed by atoms with Gasteiger partial charge in [-0.25, -0.2) is 9.78 Å². The molecule has 0 unspecified atom stereocenters. The number of rotatable bonds is 2. The smallest absolute Gasteiger partial charge is 0.326 e. The van der Waals surface area contributed by atoms with E-state index in [2.05, 4.69) is 4.98 Å². The Hall–Kier alpha value is -2.22. The maximum absolute atomic E-state index is 12.6. The van der Waals surface area contributed by atoms with Crippen LogP contribution in [0.3, 0.4) is 0 Å². The van der Waals surface area contributed by atoms with Crippen molar-refractivity contribution >= 4 is 28.2 Å². The van der Waals surface area contributed by atoms with Crippen LogP contribution < -0.4 is 5.56 Å². The largest absolute Gasteiger partial charge is 0.480 e. The third-order valence-corrected chi connectivity index (χ3v) is 4.85. The van der Waals surface area contributed by atoms with E-state index < -0.39 is 23.5 Å². The van der Waals surface area contributed by atoms with E-state index in [1.807, 2.05) is 0 Å². The Morgan fingerprint density at radius 2 is 2.18 bits per heavy atom. The van der Waals surface area contributed by atoms with Crippen molar-refractivity contribution in [1.29, 1.82) is 0 Å². The molecule has 1 N–H and O–H groups in total. The number of aromatic nitrogens is 2. The van der Waals surface area contributed by atoms with Crippen LogP contribution >= 0.6 is 11.3 Å². The van der Waals surface area contributed by atoms with E-state index >= 15 is 0 Å². The number of carbonyl (C=O) groups excluding carboxylic acids is 1. The number of fused-ring (bicyclic) bond motifs is 1. The lowest BCUT2D eigenvalue weighted by Gasteiger charge is -2.32. The fourth-order valence-electron chi connectivity index (χ4n) is 2.76. The Morgan fingerprint density at radius 1 is 1.41 bits per heavy atom. The lowest BCUT2D eigenvalue weighted by molar-refractivity contribution is -0.143.